The minimum Gasteiger partial charge on any atom is -0.374 e. The van der Waals surface area contributed by atoms with Gasteiger partial charge in [0.2, 0.25) is 0 Å². The Morgan fingerprint density at radius 2 is 0.907 bits per heavy atom. The van der Waals surface area contributed by atoms with Gasteiger partial charge in [-0.05, 0) is 43.0 Å². The molecule has 0 saturated carbocycles. The molecule has 0 aromatic heterocycles. The van der Waals surface area contributed by atoms with E-state index in [9.17, 15) is 5.11 Å². The van der Waals surface area contributed by atoms with E-state index < -0.39 is 29.2 Å². The fraction of sp³-hybridized carbons (Fsp3) is 0.351. The molecule has 5 atom stereocenters. The highest BCUT2D eigenvalue weighted by Gasteiger charge is 2.69. The second kappa shape index (κ2) is 14.0. The van der Waals surface area contributed by atoms with Crippen LogP contribution in [0.5, 0.6) is 0 Å². The zero-order valence-electron chi connectivity index (χ0n) is 25.2. The van der Waals surface area contributed by atoms with Gasteiger partial charge >= 0.3 is 0 Å². The van der Waals surface area contributed by atoms with Crippen LogP contribution in [0.2, 0.25) is 0 Å². The van der Waals surface area contributed by atoms with Crippen LogP contribution in [0.3, 0.4) is 0 Å². The van der Waals surface area contributed by atoms with Gasteiger partial charge in [-0.25, -0.2) is 0 Å². The van der Waals surface area contributed by atoms with Crippen LogP contribution in [0.15, 0.2) is 121 Å². The largest absolute Gasteiger partial charge is 0.374 e. The van der Waals surface area contributed by atoms with Crippen LogP contribution >= 0.6 is 0 Å². The Bertz CT molecular complexity index is 1390. The Morgan fingerprint density at radius 1 is 0.535 bits per heavy atom. The summed E-state index contributed by atoms with van der Waals surface area (Å²) >= 11 is 0. The first-order chi connectivity index (χ1) is 20.8. The number of benzene rings is 4. The van der Waals surface area contributed by atoms with E-state index in [1.54, 1.807) is 0 Å². The SMILES string of the molecule is C[C@@]1(OCc2ccccc2)[C@](C)(OCc2ccccc2)[C@H](O)O[C@@H](COCc2ccccc2)[C@@]1(C)OCc1ccccc1. The normalized spacial score (nSPS) is 27.2. The molecule has 43 heavy (non-hydrogen) atoms. The van der Waals surface area contributed by atoms with E-state index in [0.29, 0.717) is 13.2 Å². The van der Waals surface area contributed by atoms with E-state index in [-0.39, 0.29) is 19.8 Å². The maximum absolute atomic E-state index is 11.7. The lowest BCUT2D eigenvalue weighted by molar-refractivity contribution is -0.412. The fourth-order valence-electron chi connectivity index (χ4n) is 5.65. The number of aliphatic hydroxyl groups excluding tert-OH is 1. The van der Waals surface area contributed by atoms with Gasteiger partial charge in [-0.3, -0.25) is 0 Å². The van der Waals surface area contributed by atoms with Gasteiger partial charge in [-0.1, -0.05) is 121 Å². The van der Waals surface area contributed by atoms with Crippen molar-refractivity contribution < 1.29 is 28.8 Å². The molecule has 1 saturated heterocycles. The molecule has 5 rings (SSSR count). The topological polar surface area (TPSA) is 66.4 Å². The van der Waals surface area contributed by atoms with Gasteiger partial charge in [0.05, 0.1) is 33.0 Å². The van der Waals surface area contributed by atoms with Crippen molar-refractivity contribution in [2.45, 2.75) is 76.4 Å². The first kappa shape index (κ1) is 31.1. The van der Waals surface area contributed by atoms with Crippen LogP contribution in [0.4, 0.5) is 0 Å². The summed E-state index contributed by atoms with van der Waals surface area (Å²) in [7, 11) is 0. The molecule has 0 bridgehead atoms. The third-order valence-electron chi connectivity index (χ3n) is 8.79. The highest BCUT2D eigenvalue weighted by Crippen LogP contribution is 2.51. The van der Waals surface area contributed by atoms with Crippen molar-refractivity contribution in [3.63, 3.8) is 0 Å². The highest BCUT2D eigenvalue weighted by molar-refractivity contribution is 5.21. The molecule has 1 aliphatic rings. The van der Waals surface area contributed by atoms with Crippen LogP contribution in [0.25, 0.3) is 0 Å². The lowest BCUT2D eigenvalue weighted by atomic mass is 9.67. The number of ether oxygens (including phenoxy) is 5. The third kappa shape index (κ3) is 6.91. The molecule has 6 heteroatoms. The first-order valence-corrected chi connectivity index (χ1v) is 14.8. The van der Waals surface area contributed by atoms with Crippen molar-refractivity contribution in [1.29, 1.82) is 0 Å². The molecule has 1 heterocycles. The minimum atomic E-state index is -1.32. The summed E-state index contributed by atoms with van der Waals surface area (Å²) in [5.41, 5.74) is 0.399. The van der Waals surface area contributed by atoms with E-state index in [0.717, 1.165) is 22.3 Å². The van der Waals surface area contributed by atoms with Crippen LogP contribution in [0.1, 0.15) is 43.0 Å². The maximum atomic E-state index is 11.7. The van der Waals surface area contributed by atoms with Gasteiger partial charge in [0, 0.05) is 0 Å². The zero-order valence-corrected chi connectivity index (χ0v) is 25.2. The molecule has 0 amide bonds. The van der Waals surface area contributed by atoms with Gasteiger partial charge in [0.1, 0.15) is 22.9 Å². The Morgan fingerprint density at radius 3 is 1.35 bits per heavy atom. The molecule has 1 fully saturated rings. The Labute approximate surface area is 255 Å². The highest BCUT2D eigenvalue weighted by atomic mass is 16.7. The summed E-state index contributed by atoms with van der Waals surface area (Å²) in [4.78, 5) is 0. The number of hydrogen-bond acceptors (Lipinski definition) is 6. The van der Waals surface area contributed by atoms with Crippen LogP contribution in [-0.4, -0.2) is 40.9 Å². The van der Waals surface area contributed by atoms with Gasteiger partial charge in [-0.2, -0.15) is 0 Å². The molecule has 4 aromatic rings. The van der Waals surface area contributed by atoms with Crippen molar-refractivity contribution >= 4 is 0 Å². The third-order valence-corrected chi connectivity index (χ3v) is 8.79. The molecule has 226 valence electrons. The molecule has 1 aliphatic heterocycles. The van der Waals surface area contributed by atoms with Crippen LogP contribution in [-0.2, 0) is 50.1 Å². The fourth-order valence-corrected chi connectivity index (χ4v) is 5.65. The Balaban J connectivity index is 1.49. The Hall–Kier alpha value is -3.36. The standard InChI is InChI=1S/C37H42O6/c1-35(40-25-30-18-10-5-11-19-30)33(28-39-24-29-16-8-4-9-17-29)43-34(38)36(2,41-26-31-20-12-6-13-21-31)37(35,3)42-27-32-22-14-7-15-23-32/h4-23,33-34,38H,24-28H2,1-3H3/t33-,34+,35+,36+,37-/m0/s1. The summed E-state index contributed by atoms with van der Waals surface area (Å²) in [6.07, 6.45) is -2.00. The monoisotopic (exact) mass is 582 g/mol. The minimum absolute atomic E-state index is 0.177. The smallest absolute Gasteiger partial charge is 0.187 e. The van der Waals surface area contributed by atoms with Crippen molar-refractivity contribution in [3.8, 4) is 0 Å². The average Bonchev–Trinajstić information content (AvgIpc) is 3.05. The number of hydrogen-bond donors (Lipinski definition) is 1. The average molecular weight is 583 g/mol. The predicted molar refractivity (Wildman–Crippen MR) is 166 cm³/mol. The van der Waals surface area contributed by atoms with Crippen molar-refractivity contribution in [2.75, 3.05) is 6.61 Å². The van der Waals surface area contributed by atoms with E-state index in [2.05, 4.69) is 0 Å². The van der Waals surface area contributed by atoms with Crippen molar-refractivity contribution in [3.05, 3.63) is 144 Å². The summed E-state index contributed by atoms with van der Waals surface area (Å²) in [6.45, 7) is 7.21. The van der Waals surface area contributed by atoms with Gasteiger partial charge < -0.3 is 28.8 Å². The second-order valence-corrected chi connectivity index (χ2v) is 11.5. The van der Waals surface area contributed by atoms with Crippen molar-refractivity contribution in [2.24, 2.45) is 0 Å². The van der Waals surface area contributed by atoms with Crippen molar-refractivity contribution in [1.82, 2.24) is 0 Å². The molecule has 0 spiro atoms. The molecular formula is C37H42O6. The summed E-state index contributed by atoms with van der Waals surface area (Å²) in [6, 6.07) is 39.8. The second-order valence-electron chi connectivity index (χ2n) is 11.5. The number of aliphatic hydroxyl groups is 1. The molecule has 0 unspecified atom stereocenters. The number of rotatable bonds is 13. The van der Waals surface area contributed by atoms with Crippen LogP contribution < -0.4 is 0 Å². The van der Waals surface area contributed by atoms with E-state index >= 15 is 0 Å². The first-order valence-electron chi connectivity index (χ1n) is 14.8. The van der Waals surface area contributed by atoms with Gasteiger partial charge in [0.15, 0.2) is 6.29 Å². The van der Waals surface area contributed by atoms with E-state index in [4.69, 9.17) is 23.7 Å². The molecule has 0 radical (unpaired) electrons. The summed E-state index contributed by atoms with van der Waals surface area (Å²) < 4.78 is 32.9. The van der Waals surface area contributed by atoms with Crippen LogP contribution in [0, 0.1) is 0 Å². The lowest BCUT2D eigenvalue weighted by Gasteiger charge is -2.61. The van der Waals surface area contributed by atoms with E-state index in [1.165, 1.54) is 0 Å². The van der Waals surface area contributed by atoms with Gasteiger partial charge in [-0.15, -0.1) is 0 Å². The summed E-state index contributed by atoms with van der Waals surface area (Å²) in [5.74, 6) is 0. The summed E-state index contributed by atoms with van der Waals surface area (Å²) in [5, 5.41) is 11.7. The zero-order chi connectivity index (χ0) is 30.2. The molecule has 1 N–H and O–H groups in total. The molecular weight excluding hydrogens is 540 g/mol. The Kier molecular flexibility index (Phi) is 10.1. The molecule has 4 aromatic carbocycles. The predicted octanol–water partition coefficient (Wildman–Crippen LogP) is 6.85. The van der Waals surface area contributed by atoms with Gasteiger partial charge in [0.25, 0.3) is 0 Å². The quantitative estimate of drug-likeness (QED) is 0.186. The molecule has 0 aliphatic carbocycles. The maximum Gasteiger partial charge on any atom is 0.187 e. The lowest BCUT2D eigenvalue weighted by Crippen LogP contribution is -2.79. The molecule has 6 nitrogen and oxygen atoms in total. The van der Waals surface area contributed by atoms with E-state index in [1.807, 2.05) is 142 Å².